The van der Waals surface area contributed by atoms with Crippen molar-refractivity contribution >= 4 is 22.9 Å². The van der Waals surface area contributed by atoms with Crippen molar-refractivity contribution in [3.63, 3.8) is 0 Å². The van der Waals surface area contributed by atoms with Crippen LogP contribution in [0, 0.1) is 0 Å². The minimum absolute atomic E-state index is 0.0153. The number of likely N-dealkylation sites (N-methyl/N-ethyl adjacent to an activating group) is 2. The fourth-order valence-corrected chi connectivity index (χ4v) is 3.10. The van der Waals surface area contributed by atoms with Crippen LogP contribution >= 0.6 is 0 Å². The molecule has 0 aliphatic heterocycles. The minimum Gasteiger partial charge on any atom is -0.348 e. The molecule has 1 heterocycles. The van der Waals surface area contributed by atoms with Crippen molar-refractivity contribution in [2.45, 2.75) is 18.6 Å². The highest BCUT2D eigenvalue weighted by molar-refractivity contribution is 5.79. The summed E-state index contributed by atoms with van der Waals surface area (Å²) in [4.78, 5) is 21.8. The van der Waals surface area contributed by atoms with E-state index in [1.165, 1.54) is 6.07 Å². The lowest BCUT2D eigenvalue weighted by Gasteiger charge is -2.23. The lowest BCUT2D eigenvalue weighted by Crippen LogP contribution is -2.34. The Balaban J connectivity index is 1.89. The Hall–Kier alpha value is -3.07. The van der Waals surface area contributed by atoms with Gasteiger partial charge in [-0.1, -0.05) is 24.3 Å². The van der Waals surface area contributed by atoms with Gasteiger partial charge in [0.25, 0.3) is 0 Å². The number of H-pyrrole nitrogens is 1. The Labute approximate surface area is 172 Å². The van der Waals surface area contributed by atoms with Gasteiger partial charge in [-0.2, -0.15) is 13.2 Å². The number of amides is 1. The normalized spacial score (nSPS) is 12.7. The van der Waals surface area contributed by atoms with E-state index in [9.17, 15) is 18.0 Å². The fraction of sp³-hybridized carbons (Fsp3) is 0.333. The fourth-order valence-electron chi connectivity index (χ4n) is 3.10. The molecular weight excluding hydrogens is 395 g/mol. The SMILES string of the molecule is CNCCN(C)C(=O)CC(Nc1nc2ccccc2[nH]1)c1cccc(C(F)(F)F)c1. The number of benzene rings is 2. The van der Waals surface area contributed by atoms with Crippen LogP contribution in [-0.2, 0) is 11.0 Å². The van der Waals surface area contributed by atoms with Crippen LogP contribution in [0.5, 0.6) is 0 Å². The molecule has 9 heteroatoms. The zero-order valence-corrected chi connectivity index (χ0v) is 16.8. The molecule has 0 saturated heterocycles. The summed E-state index contributed by atoms with van der Waals surface area (Å²) in [5.74, 6) is 0.209. The van der Waals surface area contributed by atoms with E-state index in [4.69, 9.17) is 0 Å². The number of halogens is 3. The van der Waals surface area contributed by atoms with Crippen LogP contribution in [0.2, 0.25) is 0 Å². The lowest BCUT2D eigenvalue weighted by atomic mass is 10.0. The highest BCUT2D eigenvalue weighted by atomic mass is 19.4. The van der Waals surface area contributed by atoms with Gasteiger partial charge in [-0.25, -0.2) is 4.98 Å². The third-order valence-electron chi connectivity index (χ3n) is 4.82. The predicted molar refractivity (Wildman–Crippen MR) is 110 cm³/mol. The van der Waals surface area contributed by atoms with Crippen LogP contribution in [0.25, 0.3) is 11.0 Å². The van der Waals surface area contributed by atoms with Gasteiger partial charge in [0.15, 0.2) is 0 Å². The number of carbonyl (C=O) groups is 1. The number of para-hydroxylation sites is 2. The minimum atomic E-state index is -4.46. The van der Waals surface area contributed by atoms with Crippen molar-refractivity contribution in [3.05, 3.63) is 59.7 Å². The first-order chi connectivity index (χ1) is 14.3. The number of rotatable bonds is 8. The van der Waals surface area contributed by atoms with Gasteiger partial charge >= 0.3 is 6.18 Å². The monoisotopic (exact) mass is 419 g/mol. The van der Waals surface area contributed by atoms with E-state index < -0.39 is 17.8 Å². The second kappa shape index (κ2) is 9.17. The molecule has 1 aromatic heterocycles. The molecule has 0 fully saturated rings. The summed E-state index contributed by atoms with van der Waals surface area (Å²) in [6, 6.07) is 11.7. The van der Waals surface area contributed by atoms with Gasteiger partial charge in [-0.3, -0.25) is 4.79 Å². The van der Waals surface area contributed by atoms with Crippen molar-refractivity contribution in [3.8, 4) is 0 Å². The number of alkyl halides is 3. The lowest BCUT2D eigenvalue weighted by molar-refractivity contribution is -0.137. The number of hydrogen-bond acceptors (Lipinski definition) is 4. The zero-order chi connectivity index (χ0) is 21.7. The number of nitrogens with one attached hydrogen (secondary N) is 3. The highest BCUT2D eigenvalue weighted by Gasteiger charge is 2.31. The van der Waals surface area contributed by atoms with Crippen molar-refractivity contribution < 1.29 is 18.0 Å². The molecule has 0 spiro atoms. The maximum atomic E-state index is 13.2. The molecule has 1 amide bonds. The molecule has 0 aliphatic carbocycles. The number of nitrogens with zero attached hydrogens (tertiary/aromatic N) is 2. The predicted octanol–water partition coefficient (Wildman–Crippen LogP) is 3.80. The number of fused-ring (bicyclic) bond motifs is 1. The molecule has 3 rings (SSSR count). The average Bonchev–Trinajstić information content (AvgIpc) is 3.13. The van der Waals surface area contributed by atoms with Crippen LogP contribution < -0.4 is 10.6 Å². The van der Waals surface area contributed by atoms with E-state index in [1.807, 2.05) is 24.3 Å². The Morgan fingerprint density at radius 2 is 1.97 bits per heavy atom. The molecule has 1 atom stereocenters. The van der Waals surface area contributed by atoms with Crippen molar-refractivity contribution in [2.24, 2.45) is 0 Å². The molecule has 0 bridgehead atoms. The van der Waals surface area contributed by atoms with E-state index in [-0.39, 0.29) is 12.3 Å². The molecule has 0 aliphatic rings. The quantitative estimate of drug-likeness (QED) is 0.519. The maximum absolute atomic E-state index is 13.2. The second-order valence-electron chi connectivity index (χ2n) is 7.05. The maximum Gasteiger partial charge on any atom is 0.416 e. The van der Waals surface area contributed by atoms with Crippen molar-refractivity contribution in [1.82, 2.24) is 20.2 Å². The average molecular weight is 419 g/mol. The smallest absolute Gasteiger partial charge is 0.348 e. The summed E-state index contributed by atoms with van der Waals surface area (Å²) in [6.07, 6.45) is -4.48. The van der Waals surface area contributed by atoms with Crippen LogP contribution in [0.3, 0.4) is 0 Å². The number of aromatic nitrogens is 2. The third-order valence-corrected chi connectivity index (χ3v) is 4.82. The first kappa shape index (κ1) is 21.6. The van der Waals surface area contributed by atoms with Crippen LogP contribution in [0.4, 0.5) is 19.1 Å². The topological polar surface area (TPSA) is 73.1 Å². The van der Waals surface area contributed by atoms with Crippen LogP contribution in [0.15, 0.2) is 48.5 Å². The van der Waals surface area contributed by atoms with Crippen molar-refractivity contribution in [1.29, 1.82) is 0 Å². The molecule has 0 radical (unpaired) electrons. The summed E-state index contributed by atoms with van der Waals surface area (Å²) < 4.78 is 39.6. The molecule has 0 saturated carbocycles. The van der Waals surface area contributed by atoms with Gasteiger partial charge in [0.2, 0.25) is 11.9 Å². The second-order valence-corrected chi connectivity index (χ2v) is 7.05. The molecule has 3 N–H and O–H groups in total. The summed E-state index contributed by atoms with van der Waals surface area (Å²) in [6.45, 7) is 1.11. The molecule has 3 aromatic rings. The number of anilines is 1. The van der Waals surface area contributed by atoms with E-state index in [0.717, 1.165) is 23.2 Å². The van der Waals surface area contributed by atoms with E-state index >= 15 is 0 Å². The molecule has 1 unspecified atom stereocenters. The number of aromatic amines is 1. The van der Waals surface area contributed by atoms with Gasteiger partial charge in [-0.05, 0) is 36.9 Å². The zero-order valence-electron chi connectivity index (χ0n) is 16.8. The van der Waals surface area contributed by atoms with Gasteiger partial charge in [-0.15, -0.1) is 0 Å². The van der Waals surface area contributed by atoms with Crippen molar-refractivity contribution in [2.75, 3.05) is 32.5 Å². The van der Waals surface area contributed by atoms with Crippen LogP contribution in [0.1, 0.15) is 23.6 Å². The summed E-state index contributed by atoms with van der Waals surface area (Å²) in [7, 11) is 3.46. The van der Waals surface area contributed by atoms with Gasteiger partial charge < -0.3 is 20.5 Å². The largest absolute Gasteiger partial charge is 0.416 e. The summed E-state index contributed by atoms with van der Waals surface area (Å²) >= 11 is 0. The molecular formula is C21H24F3N5O. The standard InChI is InChI=1S/C21H24F3N5O/c1-25-10-11-29(2)19(30)13-18(14-6-5-7-15(12-14)21(22,23)24)28-20-26-16-8-3-4-9-17(16)27-20/h3-9,12,18,25H,10-11,13H2,1-2H3,(H2,26,27,28). The first-order valence-corrected chi connectivity index (χ1v) is 9.55. The number of carbonyl (C=O) groups excluding carboxylic acids is 1. The summed E-state index contributed by atoms with van der Waals surface area (Å²) in [5, 5.41) is 6.08. The van der Waals surface area contributed by atoms with E-state index in [0.29, 0.717) is 24.6 Å². The Bertz CT molecular complexity index is 968. The molecule has 6 nitrogen and oxygen atoms in total. The Morgan fingerprint density at radius 1 is 1.20 bits per heavy atom. The van der Waals surface area contributed by atoms with Gasteiger partial charge in [0, 0.05) is 20.1 Å². The molecule has 30 heavy (non-hydrogen) atoms. The Morgan fingerprint density at radius 3 is 2.67 bits per heavy atom. The summed E-state index contributed by atoms with van der Waals surface area (Å²) in [5.41, 5.74) is 1.12. The number of imidazole rings is 1. The van der Waals surface area contributed by atoms with E-state index in [2.05, 4.69) is 20.6 Å². The van der Waals surface area contributed by atoms with Gasteiger partial charge in [0.05, 0.1) is 29.1 Å². The third kappa shape index (κ3) is 5.29. The van der Waals surface area contributed by atoms with Crippen LogP contribution in [-0.4, -0.2) is 48.0 Å². The van der Waals surface area contributed by atoms with E-state index in [1.54, 1.807) is 25.1 Å². The number of hydrogen-bond donors (Lipinski definition) is 3. The Kier molecular flexibility index (Phi) is 6.61. The molecule has 160 valence electrons. The molecule has 2 aromatic carbocycles. The van der Waals surface area contributed by atoms with Gasteiger partial charge in [0.1, 0.15) is 0 Å². The highest BCUT2D eigenvalue weighted by Crippen LogP contribution is 2.32. The first-order valence-electron chi connectivity index (χ1n) is 9.55.